The maximum absolute atomic E-state index is 3.23. The molecule has 0 aromatic heterocycles. The van der Waals surface area contributed by atoms with Gasteiger partial charge in [0.25, 0.3) is 0 Å². The highest BCUT2D eigenvalue weighted by atomic mass is 14.8. The Morgan fingerprint density at radius 1 is 1.31 bits per heavy atom. The van der Waals surface area contributed by atoms with Crippen LogP contribution in [0.3, 0.4) is 0 Å². The zero-order valence-electron chi connectivity index (χ0n) is 10.1. The number of rotatable bonds is 7. The van der Waals surface area contributed by atoms with Crippen molar-refractivity contribution in [1.82, 2.24) is 5.32 Å². The monoisotopic (exact) mass is 185 g/mol. The third-order valence-electron chi connectivity index (χ3n) is 2.73. The molecule has 0 heterocycles. The van der Waals surface area contributed by atoms with E-state index in [2.05, 4.69) is 33.0 Å². The Morgan fingerprint density at radius 2 is 1.92 bits per heavy atom. The second-order valence-electron chi connectivity index (χ2n) is 5.12. The smallest absolute Gasteiger partial charge is 0.00468 e. The van der Waals surface area contributed by atoms with Crippen LogP contribution in [0, 0.1) is 11.3 Å². The van der Waals surface area contributed by atoms with Gasteiger partial charge in [0.05, 0.1) is 0 Å². The molecule has 0 aliphatic carbocycles. The van der Waals surface area contributed by atoms with Crippen LogP contribution in [-0.2, 0) is 0 Å². The maximum Gasteiger partial charge on any atom is -0.00468 e. The number of hydrogen-bond acceptors (Lipinski definition) is 1. The molecule has 0 fully saturated rings. The summed E-state index contributed by atoms with van der Waals surface area (Å²) in [5, 5.41) is 3.23. The lowest BCUT2D eigenvalue weighted by molar-refractivity contribution is 0.248. The summed E-state index contributed by atoms with van der Waals surface area (Å²) in [6.45, 7) is 10.6. The van der Waals surface area contributed by atoms with E-state index in [1.807, 2.05) is 7.05 Å². The van der Waals surface area contributed by atoms with E-state index in [0.29, 0.717) is 5.41 Å². The van der Waals surface area contributed by atoms with Gasteiger partial charge in [-0.25, -0.2) is 0 Å². The van der Waals surface area contributed by atoms with Gasteiger partial charge in [-0.3, -0.25) is 0 Å². The highest BCUT2D eigenvalue weighted by Gasteiger charge is 2.19. The highest BCUT2D eigenvalue weighted by molar-refractivity contribution is 4.72. The fourth-order valence-electron chi connectivity index (χ4n) is 2.10. The fraction of sp³-hybridized carbons (Fsp3) is 1.00. The third-order valence-corrected chi connectivity index (χ3v) is 2.73. The van der Waals surface area contributed by atoms with Crippen LogP contribution in [0.5, 0.6) is 0 Å². The van der Waals surface area contributed by atoms with Crippen LogP contribution >= 0.6 is 0 Å². The first-order valence-electron chi connectivity index (χ1n) is 5.66. The molecular weight excluding hydrogens is 158 g/mol. The predicted octanol–water partition coefficient (Wildman–Crippen LogP) is 3.45. The quantitative estimate of drug-likeness (QED) is 0.640. The molecule has 0 aromatic rings. The van der Waals surface area contributed by atoms with Gasteiger partial charge in [0.1, 0.15) is 0 Å². The molecule has 1 N–H and O–H groups in total. The highest BCUT2D eigenvalue weighted by Crippen LogP contribution is 2.30. The van der Waals surface area contributed by atoms with E-state index in [4.69, 9.17) is 0 Å². The first kappa shape index (κ1) is 13.0. The van der Waals surface area contributed by atoms with E-state index in [0.717, 1.165) is 12.5 Å². The molecular formula is C12H27N. The molecule has 80 valence electrons. The second-order valence-corrected chi connectivity index (χ2v) is 5.12. The number of hydrogen-bond donors (Lipinski definition) is 1. The zero-order valence-corrected chi connectivity index (χ0v) is 10.1. The molecule has 0 bridgehead atoms. The predicted molar refractivity (Wildman–Crippen MR) is 61.0 cm³/mol. The molecule has 0 rings (SSSR count). The molecule has 0 spiro atoms. The molecule has 1 unspecified atom stereocenters. The summed E-state index contributed by atoms with van der Waals surface area (Å²) in [5.74, 6) is 0.886. The van der Waals surface area contributed by atoms with Crippen molar-refractivity contribution >= 4 is 0 Å². The van der Waals surface area contributed by atoms with Crippen molar-refractivity contribution in [2.75, 3.05) is 13.6 Å². The van der Waals surface area contributed by atoms with Crippen LogP contribution < -0.4 is 5.32 Å². The zero-order chi connectivity index (χ0) is 10.3. The van der Waals surface area contributed by atoms with Gasteiger partial charge in [-0.05, 0) is 37.8 Å². The van der Waals surface area contributed by atoms with Crippen molar-refractivity contribution in [2.45, 2.75) is 53.4 Å². The summed E-state index contributed by atoms with van der Waals surface area (Å²) >= 11 is 0. The van der Waals surface area contributed by atoms with E-state index in [1.54, 1.807) is 0 Å². The van der Waals surface area contributed by atoms with Gasteiger partial charge < -0.3 is 5.32 Å². The molecule has 1 atom stereocenters. The standard InChI is InChI=1S/C12H27N/c1-6-7-11(2)10-12(3,4)8-9-13-5/h11,13H,6-10H2,1-5H3. The van der Waals surface area contributed by atoms with Crippen molar-refractivity contribution < 1.29 is 0 Å². The lowest BCUT2D eigenvalue weighted by Gasteiger charge is -2.28. The van der Waals surface area contributed by atoms with Crippen molar-refractivity contribution in [3.8, 4) is 0 Å². The van der Waals surface area contributed by atoms with Crippen LogP contribution in [0.25, 0.3) is 0 Å². The van der Waals surface area contributed by atoms with Gasteiger partial charge in [0, 0.05) is 0 Å². The minimum absolute atomic E-state index is 0.512. The molecule has 0 saturated heterocycles. The Morgan fingerprint density at radius 3 is 2.38 bits per heavy atom. The first-order valence-corrected chi connectivity index (χ1v) is 5.66. The van der Waals surface area contributed by atoms with Crippen molar-refractivity contribution in [2.24, 2.45) is 11.3 Å². The second kappa shape index (κ2) is 6.42. The Bertz CT molecular complexity index is 118. The number of nitrogens with one attached hydrogen (secondary N) is 1. The van der Waals surface area contributed by atoms with E-state index in [1.165, 1.54) is 25.7 Å². The minimum atomic E-state index is 0.512. The lowest BCUT2D eigenvalue weighted by Crippen LogP contribution is -2.21. The molecule has 0 radical (unpaired) electrons. The topological polar surface area (TPSA) is 12.0 Å². The Hall–Kier alpha value is -0.0400. The summed E-state index contributed by atoms with van der Waals surface area (Å²) in [6.07, 6.45) is 5.35. The fourth-order valence-corrected chi connectivity index (χ4v) is 2.10. The largest absolute Gasteiger partial charge is 0.320 e. The van der Waals surface area contributed by atoms with E-state index in [-0.39, 0.29) is 0 Å². The molecule has 0 aliphatic rings. The molecule has 1 heteroatoms. The lowest BCUT2D eigenvalue weighted by atomic mass is 9.79. The summed E-state index contributed by atoms with van der Waals surface area (Å²) < 4.78 is 0. The van der Waals surface area contributed by atoms with Gasteiger partial charge in [0.15, 0.2) is 0 Å². The molecule has 0 aliphatic heterocycles. The molecule has 13 heavy (non-hydrogen) atoms. The van der Waals surface area contributed by atoms with Gasteiger partial charge in [-0.2, -0.15) is 0 Å². The normalized spacial score (nSPS) is 14.5. The summed E-state index contributed by atoms with van der Waals surface area (Å²) in [5.41, 5.74) is 0.512. The first-order chi connectivity index (χ1) is 6.02. The Labute approximate surface area is 84.3 Å². The SMILES string of the molecule is CCCC(C)CC(C)(C)CCNC. The van der Waals surface area contributed by atoms with Crippen molar-refractivity contribution in [1.29, 1.82) is 0 Å². The Kier molecular flexibility index (Phi) is 6.40. The molecule has 0 saturated carbocycles. The summed E-state index contributed by atoms with van der Waals surface area (Å²) in [4.78, 5) is 0. The average molecular weight is 185 g/mol. The minimum Gasteiger partial charge on any atom is -0.320 e. The molecule has 0 amide bonds. The van der Waals surface area contributed by atoms with E-state index >= 15 is 0 Å². The summed E-state index contributed by atoms with van der Waals surface area (Å²) in [7, 11) is 2.03. The van der Waals surface area contributed by atoms with Crippen LogP contribution in [0.2, 0.25) is 0 Å². The maximum atomic E-state index is 3.23. The van der Waals surface area contributed by atoms with Crippen molar-refractivity contribution in [3.05, 3.63) is 0 Å². The van der Waals surface area contributed by atoms with Gasteiger partial charge in [0.2, 0.25) is 0 Å². The van der Waals surface area contributed by atoms with Gasteiger partial charge in [-0.15, -0.1) is 0 Å². The average Bonchev–Trinajstić information content (AvgIpc) is 2.00. The van der Waals surface area contributed by atoms with Gasteiger partial charge >= 0.3 is 0 Å². The van der Waals surface area contributed by atoms with Crippen LogP contribution in [0.4, 0.5) is 0 Å². The van der Waals surface area contributed by atoms with Crippen LogP contribution in [-0.4, -0.2) is 13.6 Å². The Balaban J connectivity index is 3.71. The van der Waals surface area contributed by atoms with Crippen LogP contribution in [0.15, 0.2) is 0 Å². The molecule has 1 nitrogen and oxygen atoms in total. The van der Waals surface area contributed by atoms with Crippen molar-refractivity contribution in [3.63, 3.8) is 0 Å². The van der Waals surface area contributed by atoms with E-state index < -0.39 is 0 Å². The van der Waals surface area contributed by atoms with Gasteiger partial charge in [-0.1, -0.05) is 40.5 Å². The van der Waals surface area contributed by atoms with E-state index in [9.17, 15) is 0 Å². The third kappa shape index (κ3) is 7.06. The summed E-state index contributed by atoms with van der Waals surface area (Å²) in [6, 6.07) is 0. The molecule has 0 aromatic carbocycles. The van der Waals surface area contributed by atoms with Crippen LogP contribution in [0.1, 0.15) is 53.4 Å².